The van der Waals surface area contributed by atoms with Crippen LogP contribution in [0.4, 0.5) is 28.0 Å². The molecule has 3 aliphatic carbocycles. The molecule has 2 N–H and O–H groups in total. The van der Waals surface area contributed by atoms with Crippen molar-refractivity contribution in [1.29, 1.82) is 0 Å². The Bertz CT molecular complexity index is 1310. The van der Waals surface area contributed by atoms with Gasteiger partial charge in [0.15, 0.2) is 11.6 Å². The molecule has 0 saturated heterocycles. The molecule has 2 amide bonds. The van der Waals surface area contributed by atoms with Crippen molar-refractivity contribution in [1.82, 2.24) is 20.1 Å². The van der Waals surface area contributed by atoms with Crippen molar-refractivity contribution in [3.8, 4) is 11.4 Å². The van der Waals surface area contributed by atoms with Crippen LogP contribution in [0, 0.1) is 11.2 Å². The predicted molar refractivity (Wildman–Crippen MR) is 132 cm³/mol. The Morgan fingerprint density at radius 3 is 2.38 bits per heavy atom. The summed E-state index contributed by atoms with van der Waals surface area (Å²) in [7, 11) is 1.73. The Balaban J connectivity index is 1.27. The minimum absolute atomic E-state index is 0.0130. The Labute approximate surface area is 216 Å². The Kier molecular flexibility index (Phi) is 6.42. The molecule has 196 valence electrons. The first kappa shape index (κ1) is 25.5. The standard InChI is InChI=1S/C26H26ClF4N5O/c1-36-21(16-5-2-3-6-17(16)26(29,30)31)34-35-22(36)25-12-9-24(10-13-25,11-14-25)15-32-23(37)33-19-8-4-7-18(27)20(19)28/h2-8H,9-15H2,1H3,(H2,32,33,37). The van der Waals surface area contributed by atoms with Crippen LogP contribution in [0.2, 0.25) is 5.02 Å². The van der Waals surface area contributed by atoms with Crippen LogP contribution in [-0.4, -0.2) is 27.3 Å². The van der Waals surface area contributed by atoms with E-state index in [-0.39, 0.29) is 32.9 Å². The van der Waals surface area contributed by atoms with Gasteiger partial charge in [-0.2, -0.15) is 13.2 Å². The molecule has 1 aromatic heterocycles. The Hall–Kier alpha value is -3.14. The van der Waals surface area contributed by atoms with E-state index in [1.807, 2.05) is 0 Å². The summed E-state index contributed by atoms with van der Waals surface area (Å²) in [6, 6.07) is 9.32. The smallest absolute Gasteiger partial charge is 0.337 e. The lowest BCUT2D eigenvalue weighted by atomic mass is 9.53. The number of carbonyl (C=O) groups is 1. The lowest BCUT2D eigenvalue weighted by Gasteiger charge is -2.52. The highest BCUT2D eigenvalue weighted by Crippen LogP contribution is 2.57. The molecule has 11 heteroatoms. The maximum Gasteiger partial charge on any atom is 0.417 e. The van der Waals surface area contributed by atoms with Gasteiger partial charge in [0.2, 0.25) is 0 Å². The lowest BCUT2D eigenvalue weighted by Crippen LogP contribution is -2.50. The van der Waals surface area contributed by atoms with E-state index in [9.17, 15) is 22.4 Å². The molecule has 6 nitrogen and oxygen atoms in total. The number of fused-ring (bicyclic) bond motifs is 3. The summed E-state index contributed by atoms with van der Waals surface area (Å²) in [4.78, 5) is 12.4. The molecule has 0 unspecified atom stereocenters. The van der Waals surface area contributed by atoms with Gasteiger partial charge in [-0.3, -0.25) is 0 Å². The molecular formula is C26H26ClF4N5O. The molecule has 3 fully saturated rings. The molecule has 0 aliphatic heterocycles. The van der Waals surface area contributed by atoms with Gasteiger partial charge in [0.25, 0.3) is 0 Å². The van der Waals surface area contributed by atoms with Crippen LogP contribution in [0.1, 0.15) is 49.9 Å². The summed E-state index contributed by atoms with van der Waals surface area (Å²) in [6.07, 6.45) is 0.402. The number of nitrogens with one attached hydrogen (secondary N) is 2. The van der Waals surface area contributed by atoms with Gasteiger partial charge >= 0.3 is 12.2 Å². The third-order valence-corrected chi connectivity index (χ3v) is 8.34. The molecule has 1 heterocycles. The van der Waals surface area contributed by atoms with Gasteiger partial charge in [0, 0.05) is 24.6 Å². The number of hydrogen-bond acceptors (Lipinski definition) is 3. The van der Waals surface area contributed by atoms with Crippen molar-refractivity contribution in [2.75, 3.05) is 11.9 Å². The summed E-state index contributed by atoms with van der Waals surface area (Å²) in [5.74, 6) is 0.222. The summed E-state index contributed by atoms with van der Waals surface area (Å²) in [5, 5.41) is 13.9. The van der Waals surface area contributed by atoms with E-state index in [1.54, 1.807) is 23.7 Å². The summed E-state index contributed by atoms with van der Waals surface area (Å²) >= 11 is 5.78. The zero-order valence-electron chi connectivity index (χ0n) is 20.1. The zero-order chi connectivity index (χ0) is 26.4. The average Bonchev–Trinajstić information content (AvgIpc) is 3.28. The van der Waals surface area contributed by atoms with E-state index >= 15 is 0 Å². The minimum atomic E-state index is -4.49. The number of nitrogens with zero attached hydrogens (tertiary/aromatic N) is 3. The summed E-state index contributed by atoms with van der Waals surface area (Å²) in [5.41, 5.74) is -1.06. The van der Waals surface area contributed by atoms with Crippen LogP contribution in [0.3, 0.4) is 0 Å². The van der Waals surface area contributed by atoms with Crippen molar-refractivity contribution in [2.45, 2.75) is 50.1 Å². The van der Waals surface area contributed by atoms with Gasteiger partial charge in [0.05, 0.1) is 16.3 Å². The highest BCUT2D eigenvalue weighted by Gasteiger charge is 2.51. The molecule has 3 aliphatic rings. The highest BCUT2D eigenvalue weighted by molar-refractivity contribution is 6.31. The van der Waals surface area contributed by atoms with Gasteiger partial charge in [-0.05, 0) is 62.1 Å². The number of anilines is 1. The fourth-order valence-corrected chi connectivity index (χ4v) is 6.02. The summed E-state index contributed by atoms with van der Waals surface area (Å²) < 4.78 is 56.6. The van der Waals surface area contributed by atoms with Gasteiger partial charge in [-0.15, -0.1) is 10.2 Å². The van der Waals surface area contributed by atoms with E-state index in [0.717, 1.165) is 44.6 Å². The number of amides is 2. The van der Waals surface area contributed by atoms with Crippen molar-refractivity contribution in [2.24, 2.45) is 12.5 Å². The SMILES string of the molecule is Cn1c(-c2ccccc2C(F)(F)F)nnc1C12CCC(CNC(=O)Nc3cccc(Cl)c3F)(CC1)CC2. The Morgan fingerprint density at radius 1 is 1.03 bits per heavy atom. The normalized spacial score (nSPS) is 23.2. The molecule has 37 heavy (non-hydrogen) atoms. The van der Waals surface area contributed by atoms with Crippen LogP contribution in [0.25, 0.3) is 11.4 Å². The fourth-order valence-electron chi connectivity index (χ4n) is 5.85. The highest BCUT2D eigenvalue weighted by atomic mass is 35.5. The number of aromatic nitrogens is 3. The van der Waals surface area contributed by atoms with Crippen molar-refractivity contribution in [3.63, 3.8) is 0 Å². The van der Waals surface area contributed by atoms with E-state index in [2.05, 4.69) is 20.8 Å². The number of urea groups is 1. The number of alkyl halides is 3. The molecule has 3 saturated carbocycles. The van der Waals surface area contributed by atoms with Crippen LogP contribution >= 0.6 is 11.6 Å². The number of benzene rings is 2. The molecule has 0 atom stereocenters. The number of halogens is 5. The first-order chi connectivity index (χ1) is 17.5. The zero-order valence-corrected chi connectivity index (χ0v) is 20.9. The lowest BCUT2D eigenvalue weighted by molar-refractivity contribution is -0.137. The number of carbonyl (C=O) groups excluding carboxylic acids is 1. The van der Waals surface area contributed by atoms with E-state index in [4.69, 9.17) is 11.6 Å². The third-order valence-electron chi connectivity index (χ3n) is 8.05. The second-order valence-electron chi connectivity index (χ2n) is 10.1. The van der Waals surface area contributed by atoms with Gasteiger partial charge in [0.1, 0.15) is 5.82 Å². The first-order valence-electron chi connectivity index (χ1n) is 12.1. The molecular weight excluding hydrogens is 510 g/mol. The third kappa shape index (κ3) is 4.67. The molecule has 0 spiro atoms. The van der Waals surface area contributed by atoms with Crippen molar-refractivity contribution < 1.29 is 22.4 Å². The maximum absolute atomic E-state index is 14.1. The predicted octanol–water partition coefficient (Wildman–Crippen LogP) is 6.71. The molecule has 2 bridgehead atoms. The van der Waals surface area contributed by atoms with Crippen molar-refractivity contribution in [3.05, 3.63) is 64.7 Å². The first-order valence-corrected chi connectivity index (χ1v) is 12.5. The van der Waals surface area contributed by atoms with Crippen molar-refractivity contribution >= 4 is 23.3 Å². The monoisotopic (exact) mass is 535 g/mol. The molecule has 3 aromatic rings. The molecule has 0 radical (unpaired) electrons. The second-order valence-corrected chi connectivity index (χ2v) is 10.5. The fraction of sp³-hybridized carbons (Fsp3) is 0.423. The molecule has 6 rings (SSSR count). The van der Waals surface area contributed by atoms with Crippen LogP contribution in [0.15, 0.2) is 42.5 Å². The average molecular weight is 536 g/mol. The maximum atomic E-state index is 14.1. The summed E-state index contributed by atoms with van der Waals surface area (Å²) in [6.45, 7) is 0.445. The van der Waals surface area contributed by atoms with E-state index in [1.165, 1.54) is 24.3 Å². The number of rotatable bonds is 5. The number of hydrogen-bond donors (Lipinski definition) is 2. The van der Waals surface area contributed by atoms with Crippen LogP contribution in [-0.2, 0) is 18.6 Å². The van der Waals surface area contributed by atoms with Gasteiger partial charge in [-0.1, -0.05) is 35.9 Å². The van der Waals surface area contributed by atoms with Crippen LogP contribution < -0.4 is 10.6 Å². The van der Waals surface area contributed by atoms with Crippen LogP contribution in [0.5, 0.6) is 0 Å². The molecule has 2 aromatic carbocycles. The van der Waals surface area contributed by atoms with E-state index < -0.39 is 23.6 Å². The van der Waals surface area contributed by atoms with Gasteiger partial charge < -0.3 is 15.2 Å². The Morgan fingerprint density at radius 2 is 1.70 bits per heavy atom. The van der Waals surface area contributed by atoms with Gasteiger partial charge in [-0.25, -0.2) is 9.18 Å². The second kappa shape index (κ2) is 9.31. The minimum Gasteiger partial charge on any atom is -0.337 e. The topological polar surface area (TPSA) is 71.8 Å². The largest absolute Gasteiger partial charge is 0.417 e. The quantitative estimate of drug-likeness (QED) is 0.357. The van der Waals surface area contributed by atoms with E-state index in [0.29, 0.717) is 12.4 Å².